The Morgan fingerprint density at radius 3 is 2.21 bits per heavy atom. The molecule has 0 heterocycles. The summed E-state index contributed by atoms with van der Waals surface area (Å²) in [5, 5.41) is 0. The number of hydrogen-bond acceptors (Lipinski definition) is 0. The molecule has 0 spiro atoms. The molecule has 0 radical (unpaired) electrons. The standard InChI is InChI=1S/C14H22/c1-12-7-10-14(3,11-12)13(2)8-5-4-6-9-13/h7,10-11H,4-6,8-9H2,1-3H3. The zero-order valence-corrected chi connectivity index (χ0v) is 9.77. The molecule has 1 unspecified atom stereocenters. The normalized spacial score (nSPS) is 35.8. The van der Waals surface area contributed by atoms with Gasteiger partial charge >= 0.3 is 0 Å². The first-order valence-corrected chi connectivity index (χ1v) is 5.95. The third-order valence-corrected chi connectivity index (χ3v) is 4.48. The van der Waals surface area contributed by atoms with Crippen LogP contribution in [0.2, 0.25) is 0 Å². The Labute approximate surface area is 88.1 Å². The van der Waals surface area contributed by atoms with Crippen LogP contribution in [0.3, 0.4) is 0 Å². The fourth-order valence-corrected chi connectivity index (χ4v) is 3.12. The molecular weight excluding hydrogens is 168 g/mol. The molecule has 78 valence electrons. The Morgan fingerprint density at radius 2 is 1.71 bits per heavy atom. The van der Waals surface area contributed by atoms with Gasteiger partial charge in [0.2, 0.25) is 0 Å². The summed E-state index contributed by atoms with van der Waals surface area (Å²) in [6.07, 6.45) is 14.3. The molecule has 1 atom stereocenters. The summed E-state index contributed by atoms with van der Waals surface area (Å²) in [6, 6.07) is 0. The van der Waals surface area contributed by atoms with Gasteiger partial charge in [0.15, 0.2) is 0 Å². The highest BCUT2D eigenvalue weighted by molar-refractivity contribution is 5.34. The van der Waals surface area contributed by atoms with Crippen LogP contribution in [0.4, 0.5) is 0 Å². The minimum absolute atomic E-state index is 0.331. The maximum Gasteiger partial charge on any atom is 0.00952 e. The van der Waals surface area contributed by atoms with E-state index in [0.29, 0.717) is 10.8 Å². The first-order valence-electron chi connectivity index (χ1n) is 5.95. The maximum atomic E-state index is 2.48. The van der Waals surface area contributed by atoms with Crippen LogP contribution in [0.25, 0.3) is 0 Å². The second-order valence-corrected chi connectivity index (χ2v) is 5.63. The van der Waals surface area contributed by atoms with Gasteiger partial charge in [0, 0.05) is 5.41 Å². The molecule has 0 bridgehead atoms. The Bertz CT molecular complexity index is 276. The second kappa shape index (κ2) is 3.25. The fraction of sp³-hybridized carbons (Fsp3) is 0.714. The Hall–Kier alpha value is -0.520. The van der Waals surface area contributed by atoms with Gasteiger partial charge in [0.25, 0.3) is 0 Å². The van der Waals surface area contributed by atoms with Gasteiger partial charge in [0.05, 0.1) is 0 Å². The lowest BCUT2D eigenvalue weighted by Gasteiger charge is -2.45. The van der Waals surface area contributed by atoms with E-state index in [9.17, 15) is 0 Å². The van der Waals surface area contributed by atoms with Gasteiger partial charge in [-0.25, -0.2) is 0 Å². The molecular formula is C14H22. The predicted octanol–water partition coefficient (Wildman–Crippen LogP) is 4.48. The number of hydrogen-bond donors (Lipinski definition) is 0. The van der Waals surface area contributed by atoms with Gasteiger partial charge in [0.1, 0.15) is 0 Å². The van der Waals surface area contributed by atoms with Gasteiger partial charge < -0.3 is 0 Å². The van der Waals surface area contributed by atoms with Crippen LogP contribution in [0, 0.1) is 10.8 Å². The highest BCUT2D eigenvalue weighted by Crippen LogP contribution is 2.53. The van der Waals surface area contributed by atoms with E-state index >= 15 is 0 Å². The molecule has 2 aliphatic carbocycles. The Morgan fingerprint density at radius 1 is 1.07 bits per heavy atom. The molecule has 2 aliphatic rings. The molecule has 2 rings (SSSR count). The van der Waals surface area contributed by atoms with Crippen molar-refractivity contribution in [2.45, 2.75) is 52.9 Å². The number of allylic oxidation sites excluding steroid dienone is 4. The van der Waals surface area contributed by atoms with Crippen molar-refractivity contribution >= 4 is 0 Å². The van der Waals surface area contributed by atoms with Gasteiger partial charge in [-0.05, 0) is 25.2 Å². The van der Waals surface area contributed by atoms with Crippen molar-refractivity contribution in [1.29, 1.82) is 0 Å². The van der Waals surface area contributed by atoms with Crippen molar-refractivity contribution < 1.29 is 0 Å². The fourth-order valence-electron chi connectivity index (χ4n) is 3.12. The largest absolute Gasteiger partial charge is 0.0740 e. The van der Waals surface area contributed by atoms with Crippen molar-refractivity contribution in [3.8, 4) is 0 Å². The van der Waals surface area contributed by atoms with Crippen molar-refractivity contribution in [3.05, 3.63) is 23.8 Å². The van der Waals surface area contributed by atoms with Crippen LogP contribution < -0.4 is 0 Å². The summed E-state index contributed by atoms with van der Waals surface area (Å²) < 4.78 is 0. The highest BCUT2D eigenvalue weighted by Gasteiger charge is 2.42. The quantitative estimate of drug-likeness (QED) is 0.572. The van der Waals surface area contributed by atoms with Crippen molar-refractivity contribution in [1.82, 2.24) is 0 Å². The molecule has 0 aromatic rings. The molecule has 1 saturated carbocycles. The van der Waals surface area contributed by atoms with E-state index in [1.165, 1.54) is 37.7 Å². The van der Waals surface area contributed by atoms with Crippen LogP contribution in [-0.4, -0.2) is 0 Å². The van der Waals surface area contributed by atoms with E-state index in [4.69, 9.17) is 0 Å². The van der Waals surface area contributed by atoms with E-state index in [1.807, 2.05) is 0 Å². The van der Waals surface area contributed by atoms with E-state index in [1.54, 1.807) is 0 Å². The van der Waals surface area contributed by atoms with Gasteiger partial charge in [-0.3, -0.25) is 0 Å². The Kier molecular flexibility index (Phi) is 2.33. The second-order valence-electron chi connectivity index (χ2n) is 5.63. The van der Waals surface area contributed by atoms with Crippen molar-refractivity contribution in [2.24, 2.45) is 10.8 Å². The molecule has 0 heteroatoms. The number of rotatable bonds is 1. The summed E-state index contributed by atoms with van der Waals surface area (Å²) in [4.78, 5) is 0. The first-order chi connectivity index (χ1) is 6.56. The minimum atomic E-state index is 0.331. The average molecular weight is 190 g/mol. The van der Waals surface area contributed by atoms with Crippen LogP contribution in [0.1, 0.15) is 52.9 Å². The molecule has 14 heavy (non-hydrogen) atoms. The van der Waals surface area contributed by atoms with Crippen LogP contribution >= 0.6 is 0 Å². The van der Waals surface area contributed by atoms with Crippen LogP contribution in [0.5, 0.6) is 0 Å². The van der Waals surface area contributed by atoms with E-state index in [2.05, 4.69) is 39.0 Å². The molecule has 0 aliphatic heterocycles. The molecule has 0 aromatic heterocycles. The van der Waals surface area contributed by atoms with Crippen molar-refractivity contribution in [3.63, 3.8) is 0 Å². The van der Waals surface area contributed by atoms with E-state index in [-0.39, 0.29) is 0 Å². The van der Waals surface area contributed by atoms with Gasteiger partial charge in [-0.2, -0.15) is 0 Å². The lowest BCUT2D eigenvalue weighted by molar-refractivity contribution is 0.108. The van der Waals surface area contributed by atoms with Gasteiger partial charge in [-0.1, -0.05) is 56.9 Å². The minimum Gasteiger partial charge on any atom is -0.0740 e. The zero-order chi connectivity index (χ0) is 10.2. The zero-order valence-electron chi connectivity index (χ0n) is 9.77. The summed E-state index contributed by atoms with van der Waals surface area (Å²) in [7, 11) is 0. The summed E-state index contributed by atoms with van der Waals surface area (Å²) in [5.74, 6) is 0. The highest BCUT2D eigenvalue weighted by atomic mass is 14.5. The Balaban J connectivity index is 2.25. The molecule has 0 saturated heterocycles. The van der Waals surface area contributed by atoms with Crippen LogP contribution in [0.15, 0.2) is 23.8 Å². The summed E-state index contributed by atoms with van der Waals surface area (Å²) in [6.45, 7) is 7.10. The molecule has 0 nitrogen and oxygen atoms in total. The lowest BCUT2D eigenvalue weighted by Crippen LogP contribution is -2.35. The third-order valence-electron chi connectivity index (χ3n) is 4.48. The van der Waals surface area contributed by atoms with Crippen molar-refractivity contribution in [2.75, 3.05) is 0 Å². The van der Waals surface area contributed by atoms with Gasteiger partial charge in [-0.15, -0.1) is 0 Å². The summed E-state index contributed by atoms with van der Waals surface area (Å²) >= 11 is 0. The monoisotopic (exact) mass is 190 g/mol. The third kappa shape index (κ3) is 1.45. The molecule has 1 fully saturated rings. The lowest BCUT2D eigenvalue weighted by atomic mass is 9.59. The molecule has 0 N–H and O–H groups in total. The SMILES string of the molecule is CC1=CC(C)(C2(C)CCCCC2)C=C1. The van der Waals surface area contributed by atoms with Crippen LogP contribution in [-0.2, 0) is 0 Å². The van der Waals surface area contributed by atoms with E-state index < -0.39 is 0 Å². The topological polar surface area (TPSA) is 0 Å². The summed E-state index contributed by atoms with van der Waals surface area (Å²) in [5.41, 5.74) is 2.29. The smallest absolute Gasteiger partial charge is 0.00952 e. The maximum absolute atomic E-state index is 2.48. The molecule has 0 aromatic carbocycles. The molecule has 0 amide bonds. The van der Waals surface area contributed by atoms with E-state index in [0.717, 1.165) is 0 Å². The average Bonchev–Trinajstić information content (AvgIpc) is 2.49. The first kappa shape index (κ1) is 10.0. The predicted molar refractivity (Wildman–Crippen MR) is 62.2 cm³/mol.